The van der Waals surface area contributed by atoms with Gasteiger partial charge in [0.2, 0.25) is 0 Å². The van der Waals surface area contributed by atoms with Gasteiger partial charge in [0, 0.05) is 32.2 Å². The number of hydrogen-bond donors (Lipinski definition) is 0. The van der Waals surface area contributed by atoms with Crippen molar-refractivity contribution >= 4 is 11.7 Å². The Morgan fingerprint density at radius 3 is 2.55 bits per heavy atom. The van der Waals surface area contributed by atoms with Crippen LogP contribution >= 0.6 is 0 Å². The van der Waals surface area contributed by atoms with Gasteiger partial charge in [-0.15, -0.1) is 0 Å². The van der Waals surface area contributed by atoms with Gasteiger partial charge in [0.05, 0.1) is 13.2 Å². The average Bonchev–Trinajstić information content (AvgIpc) is 2.55. The van der Waals surface area contributed by atoms with E-state index in [1.54, 1.807) is 0 Å². The van der Waals surface area contributed by atoms with Gasteiger partial charge in [-0.25, -0.2) is 9.97 Å². The summed E-state index contributed by atoms with van der Waals surface area (Å²) in [5.74, 6) is 2.23. The molecule has 22 heavy (non-hydrogen) atoms. The maximum atomic E-state index is 12.7. The van der Waals surface area contributed by atoms with Crippen molar-refractivity contribution in [2.24, 2.45) is 5.92 Å². The minimum absolute atomic E-state index is 0.0342. The number of carbonyl (C=O) groups is 1. The van der Waals surface area contributed by atoms with Crippen LogP contribution in [0.3, 0.4) is 0 Å². The number of nitrogens with zero attached hydrogens (tertiary/aromatic N) is 4. The standard InChI is InChI=1S/C16H24N4O2/c1-12-3-5-20(6-4-12)16(21)14-11-15(18-13(2)17-14)19-7-9-22-10-8-19/h11-12H,3-10H2,1-2H3. The predicted molar refractivity (Wildman–Crippen MR) is 84.1 cm³/mol. The minimum atomic E-state index is 0.0342. The molecule has 6 heteroatoms. The number of carbonyl (C=O) groups excluding carboxylic acids is 1. The second-order valence-electron chi connectivity index (χ2n) is 6.23. The molecule has 0 bridgehead atoms. The van der Waals surface area contributed by atoms with Crippen molar-refractivity contribution in [1.29, 1.82) is 0 Å². The van der Waals surface area contributed by atoms with Crippen LogP contribution in [0.1, 0.15) is 36.1 Å². The maximum Gasteiger partial charge on any atom is 0.272 e. The number of anilines is 1. The molecule has 2 fully saturated rings. The quantitative estimate of drug-likeness (QED) is 0.828. The summed E-state index contributed by atoms with van der Waals surface area (Å²) >= 11 is 0. The first-order chi connectivity index (χ1) is 10.6. The fraction of sp³-hybridized carbons (Fsp3) is 0.688. The van der Waals surface area contributed by atoms with Crippen molar-refractivity contribution in [1.82, 2.24) is 14.9 Å². The second kappa shape index (κ2) is 6.60. The Morgan fingerprint density at radius 1 is 1.18 bits per heavy atom. The van der Waals surface area contributed by atoms with Gasteiger partial charge in [0.25, 0.3) is 5.91 Å². The van der Waals surface area contributed by atoms with Crippen LogP contribution in [0.15, 0.2) is 6.07 Å². The molecule has 6 nitrogen and oxygen atoms in total. The van der Waals surface area contributed by atoms with E-state index in [1.807, 2.05) is 17.9 Å². The number of likely N-dealkylation sites (tertiary alicyclic amines) is 1. The van der Waals surface area contributed by atoms with Crippen LogP contribution in [-0.4, -0.2) is 60.2 Å². The molecule has 0 N–H and O–H groups in total. The zero-order valence-corrected chi connectivity index (χ0v) is 13.4. The highest BCUT2D eigenvalue weighted by molar-refractivity contribution is 5.93. The molecule has 2 aliphatic rings. The number of piperidine rings is 1. The van der Waals surface area contributed by atoms with Gasteiger partial charge in [-0.3, -0.25) is 4.79 Å². The minimum Gasteiger partial charge on any atom is -0.378 e. The van der Waals surface area contributed by atoms with Gasteiger partial charge < -0.3 is 14.5 Å². The maximum absolute atomic E-state index is 12.7. The third-order valence-electron chi connectivity index (χ3n) is 4.45. The van der Waals surface area contributed by atoms with Crippen molar-refractivity contribution in [3.63, 3.8) is 0 Å². The highest BCUT2D eigenvalue weighted by atomic mass is 16.5. The molecule has 3 heterocycles. The van der Waals surface area contributed by atoms with E-state index in [2.05, 4.69) is 21.8 Å². The molecule has 3 rings (SSSR count). The predicted octanol–water partition coefficient (Wildman–Crippen LogP) is 1.49. The van der Waals surface area contributed by atoms with E-state index in [0.717, 1.165) is 44.8 Å². The zero-order valence-electron chi connectivity index (χ0n) is 13.4. The van der Waals surface area contributed by atoms with Gasteiger partial charge in [0.1, 0.15) is 17.3 Å². The monoisotopic (exact) mass is 304 g/mol. The Labute approximate surface area is 131 Å². The van der Waals surface area contributed by atoms with E-state index in [9.17, 15) is 4.79 Å². The summed E-state index contributed by atoms with van der Waals surface area (Å²) in [6.45, 7) is 8.78. The molecule has 0 radical (unpaired) electrons. The van der Waals surface area contributed by atoms with Crippen LogP contribution in [0.4, 0.5) is 5.82 Å². The summed E-state index contributed by atoms with van der Waals surface area (Å²) in [5, 5.41) is 0. The highest BCUT2D eigenvalue weighted by Gasteiger charge is 2.24. The lowest BCUT2D eigenvalue weighted by Gasteiger charge is -2.31. The van der Waals surface area contributed by atoms with Crippen LogP contribution in [0.5, 0.6) is 0 Å². The summed E-state index contributed by atoms with van der Waals surface area (Å²) in [5.41, 5.74) is 0.517. The lowest BCUT2D eigenvalue weighted by atomic mass is 9.99. The largest absolute Gasteiger partial charge is 0.378 e. The lowest BCUT2D eigenvalue weighted by Crippen LogP contribution is -2.39. The molecule has 0 aromatic carbocycles. The van der Waals surface area contributed by atoms with E-state index >= 15 is 0 Å². The topological polar surface area (TPSA) is 58.6 Å². The summed E-state index contributed by atoms with van der Waals surface area (Å²) in [7, 11) is 0. The van der Waals surface area contributed by atoms with Gasteiger partial charge in [0.15, 0.2) is 0 Å². The normalized spacial score (nSPS) is 20.3. The third-order valence-corrected chi connectivity index (χ3v) is 4.45. The Hall–Kier alpha value is -1.69. The number of ether oxygens (including phenoxy) is 1. The fourth-order valence-corrected chi connectivity index (χ4v) is 2.99. The number of hydrogen-bond acceptors (Lipinski definition) is 5. The van der Waals surface area contributed by atoms with Crippen LogP contribution < -0.4 is 4.90 Å². The molecule has 1 aromatic rings. The Bertz CT molecular complexity index is 535. The molecular weight excluding hydrogens is 280 g/mol. The van der Waals surface area contributed by atoms with Crippen molar-refractivity contribution in [2.75, 3.05) is 44.3 Å². The first-order valence-electron chi connectivity index (χ1n) is 8.11. The number of amides is 1. The molecule has 0 saturated carbocycles. The van der Waals surface area contributed by atoms with E-state index < -0.39 is 0 Å². The molecule has 2 aliphatic heterocycles. The summed E-state index contributed by atoms with van der Waals surface area (Å²) in [6.07, 6.45) is 2.15. The Kier molecular flexibility index (Phi) is 4.57. The Morgan fingerprint density at radius 2 is 1.86 bits per heavy atom. The summed E-state index contributed by atoms with van der Waals surface area (Å²) in [6, 6.07) is 1.83. The molecule has 0 unspecified atom stereocenters. The van der Waals surface area contributed by atoms with Gasteiger partial charge in [-0.05, 0) is 25.7 Å². The summed E-state index contributed by atoms with van der Waals surface area (Å²) in [4.78, 5) is 25.6. The first-order valence-corrected chi connectivity index (χ1v) is 8.11. The van der Waals surface area contributed by atoms with Crippen molar-refractivity contribution in [3.05, 3.63) is 17.6 Å². The van der Waals surface area contributed by atoms with Crippen molar-refractivity contribution < 1.29 is 9.53 Å². The third kappa shape index (κ3) is 3.38. The van der Waals surface area contributed by atoms with Crippen LogP contribution in [0, 0.1) is 12.8 Å². The average molecular weight is 304 g/mol. The van der Waals surface area contributed by atoms with Gasteiger partial charge in [-0.2, -0.15) is 0 Å². The number of morpholine rings is 1. The number of aromatic nitrogens is 2. The molecule has 0 aliphatic carbocycles. The molecule has 1 amide bonds. The van der Waals surface area contributed by atoms with Crippen molar-refractivity contribution in [2.45, 2.75) is 26.7 Å². The highest BCUT2D eigenvalue weighted by Crippen LogP contribution is 2.20. The van der Waals surface area contributed by atoms with Crippen LogP contribution in [0.2, 0.25) is 0 Å². The molecule has 0 spiro atoms. The Balaban J connectivity index is 1.78. The SMILES string of the molecule is Cc1nc(C(=O)N2CCC(C)CC2)cc(N2CCOCC2)n1. The lowest BCUT2D eigenvalue weighted by molar-refractivity contribution is 0.0691. The van der Waals surface area contributed by atoms with Gasteiger partial charge >= 0.3 is 0 Å². The fourth-order valence-electron chi connectivity index (χ4n) is 2.99. The molecule has 1 aromatic heterocycles. The number of rotatable bonds is 2. The van der Waals surface area contributed by atoms with Crippen LogP contribution in [0.25, 0.3) is 0 Å². The molecule has 120 valence electrons. The van der Waals surface area contributed by atoms with Crippen molar-refractivity contribution in [3.8, 4) is 0 Å². The summed E-state index contributed by atoms with van der Waals surface area (Å²) < 4.78 is 5.37. The molecule has 0 atom stereocenters. The number of aryl methyl sites for hydroxylation is 1. The van der Waals surface area contributed by atoms with E-state index in [-0.39, 0.29) is 5.91 Å². The second-order valence-corrected chi connectivity index (χ2v) is 6.23. The zero-order chi connectivity index (χ0) is 15.5. The van der Waals surface area contributed by atoms with Gasteiger partial charge in [-0.1, -0.05) is 6.92 Å². The van der Waals surface area contributed by atoms with Crippen LogP contribution in [-0.2, 0) is 4.74 Å². The smallest absolute Gasteiger partial charge is 0.272 e. The molecular formula is C16H24N4O2. The first kappa shape index (κ1) is 15.2. The molecule has 2 saturated heterocycles. The van der Waals surface area contributed by atoms with E-state index in [4.69, 9.17) is 4.74 Å². The van der Waals surface area contributed by atoms with E-state index in [0.29, 0.717) is 30.7 Å². The van der Waals surface area contributed by atoms with E-state index in [1.165, 1.54) is 0 Å².